The van der Waals surface area contributed by atoms with Crippen LogP contribution in [0.25, 0.3) is 0 Å². The molecule has 0 spiro atoms. The number of aromatic nitrogens is 1. The van der Waals surface area contributed by atoms with E-state index in [0.29, 0.717) is 24.7 Å². The van der Waals surface area contributed by atoms with Crippen molar-refractivity contribution in [3.05, 3.63) is 78.4 Å². The molecule has 4 rings (SSSR count). The summed E-state index contributed by atoms with van der Waals surface area (Å²) >= 11 is 0. The van der Waals surface area contributed by atoms with E-state index >= 15 is 0 Å². The maximum Gasteiger partial charge on any atom is 1.00 e. The van der Waals surface area contributed by atoms with Crippen molar-refractivity contribution in [1.82, 2.24) is 10.3 Å². The van der Waals surface area contributed by atoms with Crippen LogP contribution in [0.2, 0.25) is 0 Å². The minimum atomic E-state index is -0.182. The molecular weight excluding hydrogens is 405 g/mol. The molecule has 1 fully saturated rings. The van der Waals surface area contributed by atoms with Gasteiger partial charge in [-0.2, -0.15) is 0 Å². The summed E-state index contributed by atoms with van der Waals surface area (Å²) in [7, 11) is 0. The minimum Gasteiger partial charge on any atom is -0.560 e. The average Bonchev–Trinajstić information content (AvgIpc) is 2.65. The molecule has 2 aliphatic heterocycles. The van der Waals surface area contributed by atoms with Gasteiger partial charge in [0.1, 0.15) is 0 Å². The number of ether oxygens (including phenoxy) is 1. The van der Waals surface area contributed by atoms with Crippen molar-refractivity contribution in [2.24, 2.45) is 9.98 Å². The van der Waals surface area contributed by atoms with E-state index in [1.807, 2.05) is 37.3 Å². The van der Waals surface area contributed by atoms with Gasteiger partial charge in [0.25, 0.3) is 5.91 Å². The molecule has 0 aliphatic carbocycles. The number of anilines is 1. The number of pyridine rings is 1. The molecule has 1 atom stereocenters. The van der Waals surface area contributed by atoms with Gasteiger partial charge in [0.2, 0.25) is 0 Å². The molecule has 1 amide bonds. The van der Waals surface area contributed by atoms with Crippen LogP contribution in [0.3, 0.4) is 0 Å². The summed E-state index contributed by atoms with van der Waals surface area (Å²) < 4.78 is 5.22. The Bertz CT molecular complexity index is 985. The fourth-order valence-corrected chi connectivity index (χ4v) is 2.88. The van der Waals surface area contributed by atoms with Gasteiger partial charge in [-0.3, -0.25) is 9.78 Å². The molecule has 0 radical (unpaired) electrons. The van der Waals surface area contributed by atoms with Crippen molar-refractivity contribution in [3.63, 3.8) is 0 Å². The van der Waals surface area contributed by atoms with Crippen LogP contribution < -0.4 is 62.0 Å². The van der Waals surface area contributed by atoms with Crippen LogP contribution in [0.15, 0.2) is 58.9 Å². The van der Waals surface area contributed by atoms with Gasteiger partial charge in [-0.05, 0) is 42.0 Å². The van der Waals surface area contributed by atoms with Crippen molar-refractivity contribution in [2.45, 2.75) is 18.9 Å². The molecule has 30 heavy (non-hydrogen) atoms. The van der Waals surface area contributed by atoms with Gasteiger partial charge < -0.3 is 31.6 Å². The fraction of sp³-hybridized carbons (Fsp3) is 0.227. The number of aliphatic imine (C=N–C) groups is 2. The number of carbonyl (C=O) groups excluding carboxylic acids is 1. The summed E-state index contributed by atoms with van der Waals surface area (Å²) in [5.74, 6) is 0.146. The largest absolute Gasteiger partial charge is 1.00 e. The van der Waals surface area contributed by atoms with Gasteiger partial charge in [0.05, 0.1) is 18.8 Å². The zero-order valence-electron chi connectivity index (χ0n) is 17.0. The van der Waals surface area contributed by atoms with Gasteiger partial charge in [0, 0.05) is 30.0 Å². The number of nitrogens with zero attached hydrogens (tertiary/aromatic N) is 3. The fourth-order valence-electron chi connectivity index (χ4n) is 2.88. The van der Waals surface area contributed by atoms with Crippen molar-refractivity contribution in [2.75, 3.05) is 18.5 Å². The predicted molar refractivity (Wildman–Crippen MR) is 112 cm³/mol. The molecule has 148 valence electrons. The van der Waals surface area contributed by atoms with Crippen LogP contribution in [-0.2, 0) is 4.74 Å². The van der Waals surface area contributed by atoms with Crippen molar-refractivity contribution >= 4 is 23.5 Å². The SMILES string of the molecule is CC(N[C-]=CN=C1C=N[CH-]1)c1cccc(NC(=O)c2cncc(C3COC3)c2)c1.[K+]. The first-order valence-electron chi connectivity index (χ1n) is 9.40. The predicted octanol–water partition coefficient (Wildman–Crippen LogP) is 0.0639. The van der Waals surface area contributed by atoms with Crippen LogP contribution in [0.4, 0.5) is 5.69 Å². The van der Waals surface area contributed by atoms with Gasteiger partial charge in [0.15, 0.2) is 0 Å². The van der Waals surface area contributed by atoms with Gasteiger partial charge in [-0.15, -0.1) is 6.20 Å². The second kappa shape index (κ2) is 11.0. The third-order valence-electron chi connectivity index (χ3n) is 4.77. The molecule has 8 heteroatoms. The summed E-state index contributed by atoms with van der Waals surface area (Å²) in [5.41, 5.74) is 4.14. The van der Waals surface area contributed by atoms with Crippen LogP contribution >= 0.6 is 0 Å². The Labute approximate surface area is 218 Å². The maximum absolute atomic E-state index is 12.6. The smallest absolute Gasteiger partial charge is 0.560 e. The second-order valence-electron chi connectivity index (χ2n) is 6.92. The molecule has 2 N–H and O–H groups in total. The molecule has 2 aliphatic rings. The van der Waals surface area contributed by atoms with Crippen LogP contribution in [0, 0.1) is 12.7 Å². The van der Waals surface area contributed by atoms with E-state index in [-0.39, 0.29) is 63.3 Å². The molecule has 0 saturated carbocycles. The number of hydrogen-bond acceptors (Lipinski definition) is 6. The molecule has 1 aromatic heterocycles. The molecule has 1 saturated heterocycles. The Hall–Kier alpha value is -1.81. The first kappa shape index (κ1) is 22.9. The van der Waals surface area contributed by atoms with E-state index < -0.39 is 0 Å². The van der Waals surface area contributed by atoms with E-state index in [0.717, 1.165) is 22.5 Å². The number of carbonyl (C=O) groups is 1. The number of amides is 1. The Morgan fingerprint density at radius 1 is 1.37 bits per heavy atom. The standard InChI is InChI=1S/C22H21N5O2.K/c1-15(25-5-6-26-21-11-24-12-21)16-3-2-4-20(8-16)27-22(28)18-7-17(9-23-10-18)19-13-29-14-19;/h2-4,6-12,15,19,25H,13-14H2,1H3,(H,27,28);/q-2;+1. The first-order chi connectivity index (χ1) is 14.2. The monoisotopic (exact) mass is 426 g/mol. The number of hydrogen-bond donors (Lipinski definition) is 2. The molecule has 1 unspecified atom stereocenters. The van der Waals surface area contributed by atoms with Crippen molar-refractivity contribution < 1.29 is 60.9 Å². The number of rotatable bonds is 7. The molecule has 1 aromatic carbocycles. The third kappa shape index (κ3) is 5.87. The van der Waals surface area contributed by atoms with E-state index in [2.05, 4.69) is 31.8 Å². The van der Waals surface area contributed by atoms with Crippen LogP contribution in [-0.4, -0.2) is 36.0 Å². The molecule has 2 aromatic rings. The third-order valence-corrected chi connectivity index (χ3v) is 4.77. The van der Waals surface area contributed by atoms with Crippen molar-refractivity contribution in [3.8, 4) is 0 Å². The van der Waals surface area contributed by atoms with E-state index in [1.165, 1.54) is 0 Å². The van der Waals surface area contributed by atoms with Gasteiger partial charge in [-0.1, -0.05) is 24.9 Å². The minimum absolute atomic E-state index is 0. The Morgan fingerprint density at radius 3 is 2.90 bits per heavy atom. The first-order valence-corrected chi connectivity index (χ1v) is 9.40. The zero-order chi connectivity index (χ0) is 20.1. The van der Waals surface area contributed by atoms with Crippen molar-refractivity contribution in [1.29, 1.82) is 0 Å². The van der Waals surface area contributed by atoms with E-state index in [4.69, 9.17) is 4.74 Å². The normalized spacial score (nSPS) is 17.4. The van der Waals surface area contributed by atoms with Crippen LogP contribution in [0.5, 0.6) is 0 Å². The second-order valence-corrected chi connectivity index (χ2v) is 6.92. The number of benzene rings is 1. The summed E-state index contributed by atoms with van der Waals surface area (Å²) in [5, 5.41) is 6.09. The summed E-state index contributed by atoms with van der Waals surface area (Å²) in [4.78, 5) is 24.8. The van der Waals surface area contributed by atoms with Crippen LogP contribution in [0.1, 0.15) is 40.4 Å². The Morgan fingerprint density at radius 2 is 2.20 bits per heavy atom. The topological polar surface area (TPSA) is 88.0 Å². The quantitative estimate of drug-likeness (QED) is 0.373. The Balaban J connectivity index is 0.00000256. The zero-order valence-corrected chi connectivity index (χ0v) is 20.1. The number of nitrogens with one attached hydrogen (secondary N) is 2. The Kier molecular flexibility index (Phi) is 8.38. The van der Waals surface area contributed by atoms with E-state index in [1.54, 1.807) is 31.4 Å². The summed E-state index contributed by atoms with van der Waals surface area (Å²) in [6, 6.07) is 9.59. The molecule has 3 heterocycles. The average molecular weight is 427 g/mol. The molecule has 0 bridgehead atoms. The van der Waals surface area contributed by atoms with Gasteiger partial charge in [-0.25, -0.2) is 0 Å². The maximum atomic E-state index is 12.6. The molecule has 7 nitrogen and oxygen atoms in total. The summed E-state index contributed by atoms with van der Waals surface area (Å²) in [6.45, 7) is 5.06. The van der Waals surface area contributed by atoms with Gasteiger partial charge >= 0.3 is 51.4 Å². The molecular formula is C22H21KN5O2-. The summed E-state index contributed by atoms with van der Waals surface area (Å²) in [6.07, 6.45) is 9.58. The van der Waals surface area contributed by atoms with E-state index in [9.17, 15) is 4.79 Å².